The monoisotopic (exact) mass is 539 g/mol. The third-order valence-electron chi connectivity index (χ3n) is 9.29. The van der Waals surface area contributed by atoms with Crippen molar-refractivity contribution in [2.24, 2.45) is 11.7 Å². The molecule has 39 heavy (non-hydrogen) atoms. The minimum absolute atomic E-state index is 0.335. The number of hydrogen-bond acceptors (Lipinski definition) is 8. The molecule has 0 unspecified atom stereocenters. The maximum atomic E-state index is 6.15. The van der Waals surface area contributed by atoms with Crippen LogP contribution in [0.4, 0.5) is 11.8 Å². The summed E-state index contributed by atoms with van der Waals surface area (Å²) in [5, 5.41) is 6.01. The van der Waals surface area contributed by atoms with Crippen molar-refractivity contribution < 1.29 is 0 Å². The van der Waals surface area contributed by atoms with Gasteiger partial charge in [0.15, 0.2) is 17.0 Å². The van der Waals surface area contributed by atoms with Gasteiger partial charge in [0, 0.05) is 31.2 Å². The van der Waals surface area contributed by atoms with Crippen LogP contribution in [-0.4, -0.2) is 74.2 Å². The second-order valence-corrected chi connectivity index (χ2v) is 12.4. The summed E-state index contributed by atoms with van der Waals surface area (Å²) in [6, 6.07) is 1.22. The van der Waals surface area contributed by atoms with Crippen LogP contribution in [-0.2, 0) is 0 Å². The maximum absolute atomic E-state index is 6.15. The first kappa shape index (κ1) is 28.6. The first-order valence-corrected chi connectivity index (χ1v) is 16.1. The van der Waals surface area contributed by atoms with Crippen molar-refractivity contribution in [1.29, 1.82) is 0 Å². The zero-order chi connectivity index (χ0) is 27.0. The Bertz CT molecular complexity index is 995. The molecule has 2 aliphatic carbocycles. The fourth-order valence-corrected chi connectivity index (χ4v) is 7.01. The van der Waals surface area contributed by atoms with Gasteiger partial charge in [-0.1, -0.05) is 26.7 Å². The van der Waals surface area contributed by atoms with Gasteiger partial charge in [-0.05, 0) is 103 Å². The largest absolute Gasteiger partial charge is 0.351 e. The zero-order valence-electron chi connectivity index (χ0n) is 24.6. The molecule has 2 aromatic rings. The van der Waals surface area contributed by atoms with Crippen LogP contribution in [0.25, 0.3) is 11.2 Å². The van der Waals surface area contributed by atoms with Crippen molar-refractivity contribution >= 4 is 22.9 Å². The van der Waals surface area contributed by atoms with Crippen molar-refractivity contribution in [3.8, 4) is 0 Å². The normalized spacial score (nSPS) is 23.7. The van der Waals surface area contributed by atoms with Crippen LogP contribution in [0.5, 0.6) is 0 Å². The minimum Gasteiger partial charge on any atom is -0.351 e. The standard InChI is InChI=1S/C30H53N9/c1-3-17-37(18-4-2)19-7-8-23-15-20-38(21-16-23)36-28-27-29(39(22-32-27)26-9-5-6-10-26)35-30(34-28)33-25-13-11-24(31)12-14-25/h22-26H,3-21,31H2,1-2H3,(H2,33,34,35,36). The van der Waals surface area contributed by atoms with Crippen molar-refractivity contribution in [1.82, 2.24) is 29.4 Å². The fourth-order valence-electron chi connectivity index (χ4n) is 7.01. The van der Waals surface area contributed by atoms with E-state index >= 15 is 0 Å². The van der Waals surface area contributed by atoms with Gasteiger partial charge in [0.1, 0.15) is 0 Å². The summed E-state index contributed by atoms with van der Waals surface area (Å²) >= 11 is 0. The van der Waals surface area contributed by atoms with Crippen molar-refractivity contribution in [3.63, 3.8) is 0 Å². The van der Waals surface area contributed by atoms with Crippen LogP contribution in [0.1, 0.15) is 110 Å². The van der Waals surface area contributed by atoms with Gasteiger partial charge in [-0.15, -0.1) is 0 Å². The molecular weight excluding hydrogens is 486 g/mol. The molecule has 2 saturated carbocycles. The lowest BCUT2D eigenvalue weighted by atomic mass is 9.92. The van der Waals surface area contributed by atoms with Crippen LogP contribution < -0.4 is 16.5 Å². The van der Waals surface area contributed by atoms with Gasteiger partial charge < -0.3 is 25.9 Å². The highest BCUT2D eigenvalue weighted by Gasteiger charge is 2.26. The van der Waals surface area contributed by atoms with Gasteiger partial charge in [0.2, 0.25) is 5.95 Å². The lowest BCUT2D eigenvalue weighted by molar-refractivity contribution is 0.197. The van der Waals surface area contributed by atoms with E-state index in [9.17, 15) is 0 Å². The summed E-state index contributed by atoms with van der Waals surface area (Å²) in [5.41, 5.74) is 11.7. The van der Waals surface area contributed by atoms with Crippen LogP contribution in [0, 0.1) is 5.92 Å². The molecule has 0 atom stereocenters. The van der Waals surface area contributed by atoms with Crippen molar-refractivity contribution in [2.75, 3.05) is 43.5 Å². The number of imidazole rings is 1. The van der Waals surface area contributed by atoms with E-state index < -0.39 is 0 Å². The molecule has 218 valence electrons. The van der Waals surface area contributed by atoms with Gasteiger partial charge in [0.25, 0.3) is 0 Å². The van der Waals surface area contributed by atoms with E-state index in [-0.39, 0.29) is 0 Å². The summed E-state index contributed by atoms with van der Waals surface area (Å²) in [5.74, 6) is 2.40. The maximum Gasteiger partial charge on any atom is 0.227 e. The molecule has 0 radical (unpaired) electrons. The number of nitrogens with zero attached hydrogens (tertiary/aromatic N) is 6. The first-order valence-electron chi connectivity index (χ1n) is 16.1. The van der Waals surface area contributed by atoms with Gasteiger partial charge in [-0.25, -0.2) is 9.99 Å². The van der Waals surface area contributed by atoms with Crippen LogP contribution >= 0.6 is 0 Å². The number of nitrogens with one attached hydrogen (secondary N) is 2. The molecule has 0 amide bonds. The number of hydrazine groups is 1. The molecule has 3 heterocycles. The van der Waals surface area contributed by atoms with Gasteiger partial charge in [-0.3, -0.25) is 0 Å². The lowest BCUT2D eigenvalue weighted by Crippen LogP contribution is -2.38. The summed E-state index contributed by atoms with van der Waals surface area (Å²) in [6.07, 6.45) is 19.0. The van der Waals surface area contributed by atoms with Crippen molar-refractivity contribution in [3.05, 3.63) is 6.33 Å². The molecule has 9 nitrogen and oxygen atoms in total. The number of anilines is 2. The molecular formula is C30H53N9. The summed E-state index contributed by atoms with van der Waals surface area (Å²) in [7, 11) is 0. The van der Waals surface area contributed by atoms with E-state index in [2.05, 4.69) is 39.1 Å². The molecule has 4 N–H and O–H groups in total. The van der Waals surface area contributed by atoms with Gasteiger partial charge in [-0.2, -0.15) is 9.97 Å². The van der Waals surface area contributed by atoms with E-state index in [0.29, 0.717) is 18.1 Å². The molecule has 5 rings (SSSR count). The molecule has 3 aliphatic rings. The minimum atomic E-state index is 0.335. The topological polar surface area (TPSA) is 100 Å². The van der Waals surface area contributed by atoms with E-state index in [0.717, 1.165) is 67.6 Å². The number of fused-ring (bicyclic) bond motifs is 1. The predicted molar refractivity (Wildman–Crippen MR) is 161 cm³/mol. The van der Waals surface area contributed by atoms with Crippen LogP contribution in [0.2, 0.25) is 0 Å². The number of piperidine rings is 1. The number of rotatable bonds is 13. The Labute approximate surface area is 235 Å². The van der Waals surface area contributed by atoms with E-state index in [1.807, 2.05) is 6.33 Å². The highest BCUT2D eigenvalue weighted by atomic mass is 15.5. The van der Waals surface area contributed by atoms with Crippen LogP contribution in [0.3, 0.4) is 0 Å². The van der Waals surface area contributed by atoms with E-state index in [1.165, 1.54) is 83.8 Å². The zero-order valence-corrected chi connectivity index (χ0v) is 24.6. The molecule has 0 bridgehead atoms. The van der Waals surface area contributed by atoms with Gasteiger partial charge >= 0.3 is 0 Å². The average molecular weight is 540 g/mol. The van der Waals surface area contributed by atoms with Crippen LogP contribution in [0.15, 0.2) is 6.33 Å². The summed E-state index contributed by atoms with van der Waals surface area (Å²) in [4.78, 5) is 17.5. The predicted octanol–water partition coefficient (Wildman–Crippen LogP) is 5.56. The summed E-state index contributed by atoms with van der Waals surface area (Å²) in [6.45, 7) is 10.4. The highest BCUT2D eigenvalue weighted by molar-refractivity contribution is 5.84. The average Bonchev–Trinajstić information content (AvgIpc) is 3.62. The SMILES string of the molecule is CCCN(CCC)CCCC1CCN(Nc2nc(NC3CCC(N)CC3)nc3c2ncn3C2CCCC2)CC1. The molecule has 2 aromatic heterocycles. The number of nitrogens with two attached hydrogens (primary N) is 1. The Morgan fingerprint density at radius 2 is 1.64 bits per heavy atom. The second-order valence-electron chi connectivity index (χ2n) is 12.4. The Hall–Kier alpha value is -1.97. The number of hydrogen-bond donors (Lipinski definition) is 3. The molecule has 0 aromatic carbocycles. The van der Waals surface area contributed by atoms with E-state index in [4.69, 9.17) is 20.7 Å². The lowest BCUT2D eigenvalue weighted by Gasteiger charge is -2.33. The molecule has 0 spiro atoms. The molecule has 1 saturated heterocycles. The Balaban J connectivity index is 1.22. The molecule has 3 fully saturated rings. The van der Waals surface area contributed by atoms with Gasteiger partial charge in [0.05, 0.1) is 6.33 Å². The highest BCUT2D eigenvalue weighted by Crippen LogP contribution is 2.34. The molecule has 1 aliphatic heterocycles. The Morgan fingerprint density at radius 1 is 0.923 bits per heavy atom. The van der Waals surface area contributed by atoms with E-state index in [1.54, 1.807) is 0 Å². The fraction of sp³-hybridized carbons (Fsp3) is 0.833. The molecule has 9 heteroatoms. The Kier molecular flexibility index (Phi) is 10.3. The smallest absolute Gasteiger partial charge is 0.227 e. The summed E-state index contributed by atoms with van der Waals surface area (Å²) < 4.78 is 2.31. The second kappa shape index (κ2) is 14.1. The third-order valence-corrected chi connectivity index (χ3v) is 9.29. The van der Waals surface area contributed by atoms with Crippen molar-refractivity contribution in [2.45, 2.75) is 122 Å². The number of aromatic nitrogens is 4. The third kappa shape index (κ3) is 7.61. The quantitative estimate of drug-likeness (QED) is 0.304. The first-order chi connectivity index (χ1) is 19.1. The Morgan fingerprint density at radius 3 is 2.33 bits per heavy atom.